The molecule has 0 spiro atoms. The number of rotatable bonds is 0. The van der Waals surface area contributed by atoms with Crippen molar-refractivity contribution in [3.63, 3.8) is 0 Å². The van der Waals surface area contributed by atoms with Crippen LogP contribution in [0.3, 0.4) is 0 Å². The van der Waals surface area contributed by atoms with Crippen LogP contribution in [-0.4, -0.2) is 0 Å². The highest BCUT2D eigenvalue weighted by atomic mass is 127. The maximum absolute atomic E-state index is 12.8. The molecule has 3 rings (SSSR count). The SMILES string of the molecule is O=c1c2cc(Br)ccc2c(Br)c(Br)c2c(I)cccc12. The Balaban J connectivity index is 2.78. The minimum Gasteiger partial charge on any atom is -0.289 e. The maximum atomic E-state index is 12.8. The molecule has 0 saturated carbocycles. The van der Waals surface area contributed by atoms with E-state index in [-0.39, 0.29) is 5.43 Å². The summed E-state index contributed by atoms with van der Waals surface area (Å²) >= 11 is 12.9. The van der Waals surface area contributed by atoms with E-state index >= 15 is 0 Å². The maximum Gasteiger partial charge on any atom is 0.194 e. The molecule has 100 valence electrons. The first-order valence-electron chi connectivity index (χ1n) is 5.69. The molecular weight excluding hydrogens is 563 g/mol. The Hall–Kier alpha value is 0.0200. The summed E-state index contributed by atoms with van der Waals surface area (Å²) in [7, 11) is 0. The minimum atomic E-state index is 0.0428. The van der Waals surface area contributed by atoms with Gasteiger partial charge < -0.3 is 0 Å². The molecule has 0 radical (unpaired) electrons. The van der Waals surface area contributed by atoms with E-state index in [2.05, 4.69) is 70.4 Å². The predicted molar refractivity (Wildman–Crippen MR) is 104 cm³/mol. The molecule has 0 atom stereocenters. The highest BCUT2D eigenvalue weighted by molar-refractivity contribution is 14.1. The minimum absolute atomic E-state index is 0.0428. The van der Waals surface area contributed by atoms with Crippen molar-refractivity contribution in [1.29, 1.82) is 0 Å². The molecule has 0 bridgehead atoms. The highest BCUT2D eigenvalue weighted by Gasteiger charge is 2.13. The van der Waals surface area contributed by atoms with Crippen LogP contribution in [0.1, 0.15) is 0 Å². The monoisotopic (exact) mass is 566 g/mol. The number of hydrogen-bond acceptors (Lipinski definition) is 1. The van der Waals surface area contributed by atoms with E-state index < -0.39 is 0 Å². The second-order valence-corrected chi connectivity index (χ2v) is 7.97. The number of fused-ring (bicyclic) bond motifs is 2. The zero-order valence-corrected chi connectivity index (χ0v) is 16.8. The third-order valence-corrected chi connectivity index (χ3v) is 6.67. The standard InChI is InChI=1S/C15H6Br3IO/c16-7-4-5-8-10(6-7)15(20)9-2-1-3-11(19)12(9)14(18)13(8)17/h1-6H. The van der Waals surface area contributed by atoms with Gasteiger partial charge in [0.1, 0.15) is 0 Å². The van der Waals surface area contributed by atoms with Crippen LogP contribution in [0.25, 0.3) is 21.5 Å². The van der Waals surface area contributed by atoms with Gasteiger partial charge in [-0.2, -0.15) is 0 Å². The van der Waals surface area contributed by atoms with E-state index in [9.17, 15) is 4.79 Å². The Kier molecular flexibility index (Phi) is 4.23. The molecule has 0 unspecified atom stereocenters. The van der Waals surface area contributed by atoms with Gasteiger partial charge in [0.25, 0.3) is 0 Å². The van der Waals surface area contributed by atoms with Crippen molar-refractivity contribution in [2.75, 3.05) is 0 Å². The zero-order chi connectivity index (χ0) is 14.4. The Morgan fingerprint density at radius 1 is 0.850 bits per heavy atom. The number of benzene rings is 2. The number of hydrogen-bond donors (Lipinski definition) is 0. The van der Waals surface area contributed by atoms with Crippen molar-refractivity contribution in [3.8, 4) is 0 Å². The second-order valence-electron chi connectivity index (χ2n) is 4.31. The molecule has 20 heavy (non-hydrogen) atoms. The molecule has 0 saturated heterocycles. The van der Waals surface area contributed by atoms with Crippen molar-refractivity contribution in [1.82, 2.24) is 0 Å². The lowest BCUT2D eigenvalue weighted by Gasteiger charge is -2.00. The lowest BCUT2D eigenvalue weighted by atomic mass is 10.1. The molecule has 1 nitrogen and oxygen atoms in total. The first kappa shape index (κ1) is 14.9. The average molecular weight is 569 g/mol. The summed E-state index contributed by atoms with van der Waals surface area (Å²) < 4.78 is 3.75. The van der Waals surface area contributed by atoms with Crippen LogP contribution in [0, 0.1) is 3.57 Å². The van der Waals surface area contributed by atoms with Gasteiger partial charge in [0, 0.05) is 38.5 Å². The van der Waals surface area contributed by atoms with Crippen LogP contribution in [-0.2, 0) is 0 Å². The van der Waals surface area contributed by atoms with Crippen LogP contribution >= 0.6 is 70.4 Å². The fourth-order valence-corrected chi connectivity index (χ4v) is 4.89. The van der Waals surface area contributed by atoms with Gasteiger partial charge in [-0.25, -0.2) is 0 Å². The summed E-state index contributed by atoms with van der Waals surface area (Å²) in [6.45, 7) is 0. The Labute approximate surface area is 154 Å². The summed E-state index contributed by atoms with van der Waals surface area (Å²) in [6, 6.07) is 11.5. The molecule has 0 aliphatic heterocycles. The van der Waals surface area contributed by atoms with Gasteiger partial charge in [-0.3, -0.25) is 4.79 Å². The Bertz CT molecular complexity index is 915. The lowest BCUT2D eigenvalue weighted by molar-refractivity contribution is 1.69. The van der Waals surface area contributed by atoms with E-state index in [1.807, 2.05) is 36.4 Å². The van der Waals surface area contributed by atoms with Gasteiger partial charge in [-0.05, 0) is 72.6 Å². The molecule has 0 aliphatic rings. The average Bonchev–Trinajstić information content (AvgIpc) is 2.51. The molecule has 0 N–H and O–H groups in total. The van der Waals surface area contributed by atoms with Crippen molar-refractivity contribution < 1.29 is 0 Å². The van der Waals surface area contributed by atoms with Crippen molar-refractivity contribution in [3.05, 3.63) is 63.6 Å². The Morgan fingerprint density at radius 3 is 2.35 bits per heavy atom. The fourth-order valence-electron chi connectivity index (χ4n) is 2.21. The van der Waals surface area contributed by atoms with Gasteiger partial charge in [0.2, 0.25) is 0 Å². The molecule has 5 heteroatoms. The van der Waals surface area contributed by atoms with Crippen LogP contribution < -0.4 is 5.43 Å². The second kappa shape index (κ2) is 5.66. The number of halogens is 4. The summed E-state index contributed by atoms with van der Waals surface area (Å²) in [4.78, 5) is 12.8. The predicted octanol–water partition coefficient (Wildman–Crippen LogP) is 6.25. The van der Waals surface area contributed by atoms with Crippen LogP contribution in [0.15, 0.2) is 54.6 Å². The highest BCUT2D eigenvalue weighted by Crippen LogP contribution is 2.36. The Morgan fingerprint density at radius 2 is 1.60 bits per heavy atom. The first-order valence-corrected chi connectivity index (χ1v) is 9.15. The summed E-state index contributed by atoms with van der Waals surface area (Å²) in [5.74, 6) is 0. The van der Waals surface area contributed by atoms with E-state index in [1.54, 1.807) is 0 Å². The van der Waals surface area contributed by atoms with Crippen molar-refractivity contribution in [2.45, 2.75) is 0 Å². The molecule has 0 aromatic heterocycles. The summed E-state index contributed by atoms with van der Waals surface area (Å²) in [5, 5.41) is 3.26. The topological polar surface area (TPSA) is 17.1 Å². The van der Waals surface area contributed by atoms with Crippen LogP contribution in [0.5, 0.6) is 0 Å². The molecule has 0 aliphatic carbocycles. The third-order valence-electron chi connectivity index (χ3n) is 3.13. The summed E-state index contributed by atoms with van der Waals surface area (Å²) in [6.07, 6.45) is 0. The first-order chi connectivity index (χ1) is 9.50. The van der Waals surface area contributed by atoms with Gasteiger partial charge in [-0.15, -0.1) is 0 Å². The third kappa shape index (κ3) is 2.36. The van der Waals surface area contributed by atoms with Gasteiger partial charge >= 0.3 is 0 Å². The zero-order valence-electron chi connectivity index (χ0n) is 9.88. The molecule has 0 fully saturated rings. The lowest BCUT2D eigenvalue weighted by Crippen LogP contribution is -1.98. The molecule has 3 aromatic carbocycles. The van der Waals surface area contributed by atoms with E-state index in [0.29, 0.717) is 5.39 Å². The van der Waals surface area contributed by atoms with E-state index in [0.717, 1.165) is 33.1 Å². The summed E-state index contributed by atoms with van der Waals surface area (Å²) in [5.41, 5.74) is 0.0428. The molecule has 0 amide bonds. The normalized spacial score (nSPS) is 11.2. The quantitative estimate of drug-likeness (QED) is 0.293. The van der Waals surface area contributed by atoms with E-state index in [1.165, 1.54) is 0 Å². The van der Waals surface area contributed by atoms with Crippen molar-refractivity contribution in [2.24, 2.45) is 0 Å². The van der Waals surface area contributed by atoms with E-state index in [4.69, 9.17) is 0 Å². The van der Waals surface area contributed by atoms with Crippen LogP contribution in [0.2, 0.25) is 0 Å². The van der Waals surface area contributed by atoms with Gasteiger partial charge in [0.05, 0.1) is 0 Å². The largest absolute Gasteiger partial charge is 0.289 e. The van der Waals surface area contributed by atoms with Crippen LogP contribution in [0.4, 0.5) is 0 Å². The van der Waals surface area contributed by atoms with Gasteiger partial charge in [0.15, 0.2) is 5.43 Å². The molecule has 0 heterocycles. The molecular formula is C15H6Br3IO. The molecule has 3 aromatic rings. The van der Waals surface area contributed by atoms with Gasteiger partial charge in [-0.1, -0.05) is 34.1 Å². The fraction of sp³-hybridized carbons (Fsp3) is 0. The smallest absolute Gasteiger partial charge is 0.194 e. The van der Waals surface area contributed by atoms with Crippen molar-refractivity contribution >= 4 is 91.9 Å².